The van der Waals surface area contributed by atoms with E-state index in [1.807, 2.05) is 19.1 Å². The van der Waals surface area contributed by atoms with Crippen molar-refractivity contribution in [1.82, 2.24) is 24.9 Å². The Morgan fingerprint density at radius 2 is 1.86 bits per heavy atom. The molecule has 1 amide bonds. The largest absolute Gasteiger partial charge is 0.484 e. The number of nitrogens with one attached hydrogen (secondary N) is 1. The number of rotatable bonds is 9. The predicted octanol–water partition coefficient (Wildman–Crippen LogP) is 5.75. The summed E-state index contributed by atoms with van der Waals surface area (Å²) in [6.45, 7) is 5.12. The number of hydrogen-bond acceptors (Lipinski definition) is 11. The Morgan fingerprint density at radius 3 is 2.57 bits per heavy atom. The van der Waals surface area contributed by atoms with Crippen LogP contribution < -0.4 is 14.8 Å². The maximum Gasteiger partial charge on any atom is 0.412 e. The zero-order valence-electron chi connectivity index (χ0n) is 23.0. The van der Waals surface area contributed by atoms with E-state index in [-0.39, 0.29) is 17.4 Å². The van der Waals surface area contributed by atoms with E-state index in [1.165, 1.54) is 43.1 Å². The van der Waals surface area contributed by atoms with Crippen LogP contribution in [0.1, 0.15) is 25.2 Å². The first-order valence-electron chi connectivity index (χ1n) is 12.8. The lowest BCUT2D eigenvalue weighted by atomic mass is 10.1. The Bertz CT molecular complexity index is 1770. The van der Waals surface area contributed by atoms with Gasteiger partial charge in [-0.3, -0.25) is 5.32 Å². The highest BCUT2D eigenvalue weighted by atomic mass is 35.5. The van der Waals surface area contributed by atoms with Gasteiger partial charge in [0.05, 0.1) is 53.7 Å². The summed E-state index contributed by atoms with van der Waals surface area (Å²) in [6.07, 6.45) is 2.38. The van der Waals surface area contributed by atoms with Crippen molar-refractivity contribution in [3.8, 4) is 22.2 Å². The molecule has 0 aliphatic carbocycles. The van der Waals surface area contributed by atoms with Gasteiger partial charge in [-0.05, 0) is 38.5 Å². The zero-order valence-corrected chi connectivity index (χ0v) is 24.6. The lowest BCUT2D eigenvalue weighted by Crippen LogP contribution is -2.32. The van der Waals surface area contributed by atoms with Gasteiger partial charge < -0.3 is 19.3 Å². The Balaban J connectivity index is 1.34. The van der Waals surface area contributed by atoms with Crippen LogP contribution in [0.2, 0.25) is 5.02 Å². The van der Waals surface area contributed by atoms with Gasteiger partial charge in [0.25, 0.3) is 0 Å². The summed E-state index contributed by atoms with van der Waals surface area (Å²) >= 11 is 7.72. The van der Waals surface area contributed by atoms with Crippen LogP contribution in [-0.4, -0.2) is 62.0 Å². The molecule has 2 atom stereocenters. The fourth-order valence-electron chi connectivity index (χ4n) is 4.05. The van der Waals surface area contributed by atoms with Gasteiger partial charge in [-0.2, -0.15) is 0 Å². The second-order valence-corrected chi connectivity index (χ2v) is 10.8. The van der Waals surface area contributed by atoms with Crippen molar-refractivity contribution in [3.63, 3.8) is 0 Å². The number of fused-ring (bicyclic) bond motifs is 2. The third-order valence-corrected chi connectivity index (χ3v) is 7.68. The maximum absolute atomic E-state index is 15.3. The molecule has 5 rings (SSSR count). The molecule has 0 fully saturated rings. The van der Waals surface area contributed by atoms with E-state index in [1.54, 1.807) is 13.8 Å². The minimum absolute atomic E-state index is 0.0811. The van der Waals surface area contributed by atoms with Crippen LogP contribution >= 0.6 is 22.9 Å². The number of ether oxygens (including phenoxy) is 3. The Morgan fingerprint density at radius 1 is 1.10 bits per heavy atom. The number of nitrogens with zero attached hydrogens (tertiary/aromatic N) is 5. The number of aromatic nitrogens is 5. The van der Waals surface area contributed by atoms with Gasteiger partial charge >= 0.3 is 6.09 Å². The molecule has 11 nitrogen and oxygen atoms in total. The lowest BCUT2D eigenvalue weighted by Gasteiger charge is -2.22. The van der Waals surface area contributed by atoms with Gasteiger partial charge in [0.15, 0.2) is 11.6 Å². The molecule has 0 bridgehead atoms. The number of anilines is 1. The molecule has 5 aromatic rings. The second-order valence-electron chi connectivity index (χ2n) is 9.38. The highest BCUT2D eigenvalue weighted by Crippen LogP contribution is 2.41. The van der Waals surface area contributed by atoms with Crippen LogP contribution in [-0.2, 0) is 11.2 Å². The number of hydrogen-bond donors (Lipinski definition) is 2. The van der Waals surface area contributed by atoms with E-state index >= 15 is 4.39 Å². The minimum Gasteiger partial charge on any atom is -0.484 e. The standard InChI is InChI=1S/C28H26ClFN6O5S/c1-13-7-17(25-18(8-13)35-22(39-4)12-33-25)27-36-26-20(42-27)9-19(24(30)23(26)29)40-14(2)15(3)41-28(38)34-16-10-31-21(5-6-37)32-11-16/h7-12,14-15,37H,5-6H2,1-4H3,(H,34,38)/t14-,15+/m0/s1. The number of aliphatic hydroxyl groups excluding tert-OH is 1. The van der Waals surface area contributed by atoms with E-state index in [0.717, 1.165) is 11.1 Å². The van der Waals surface area contributed by atoms with Gasteiger partial charge in [-0.15, -0.1) is 11.3 Å². The van der Waals surface area contributed by atoms with Gasteiger partial charge in [0.1, 0.15) is 33.6 Å². The summed E-state index contributed by atoms with van der Waals surface area (Å²) < 4.78 is 32.4. The molecule has 218 valence electrons. The number of aliphatic hydroxyl groups is 1. The van der Waals surface area contributed by atoms with Crippen molar-refractivity contribution in [2.75, 3.05) is 19.0 Å². The molecule has 2 N–H and O–H groups in total. The molecular weight excluding hydrogens is 587 g/mol. The number of halogens is 2. The Kier molecular flexibility index (Phi) is 8.61. The van der Waals surface area contributed by atoms with Crippen molar-refractivity contribution >= 4 is 56.0 Å². The Labute approximate surface area is 248 Å². The molecule has 42 heavy (non-hydrogen) atoms. The molecule has 14 heteroatoms. The van der Waals surface area contributed by atoms with Crippen molar-refractivity contribution in [1.29, 1.82) is 0 Å². The highest BCUT2D eigenvalue weighted by molar-refractivity contribution is 7.21. The molecule has 3 aromatic heterocycles. The van der Waals surface area contributed by atoms with Crippen molar-refractivity contribution in [2.24, 2.45) is 0 Å². The molecule has 0 radical (unpaired) electrons. The van der Waals surface area contributed by atoms with Crippen molar-refractivity contribution < 1.29 is 28.5 Å². The minimum atomic E-state index is -0.775. The fraction of sp³-hybridized carbons (Fsp3) is 0.286. The van der Waals surface area contributed by atoms with Crippen LogP contribution in [0.4, 0.5) is 14.9 Å². The molecule has 0 unspecified atom stereocenters. The van der Waals surface area contributed by atoms with Gasteiger partial charge in [0.2, 0.25) is 5.88 Å². The molecule has 2 aromatic carbocycles. The first-order valence-corrected chi connectivity index (χ1v) is 14.0. The molecule has 0 spiro atoms. The van der Waals surface area contributed by atoms with Gasteiger partial charge in [0, 0.05) is 18.1 Å². The molecule has 0 aliphatic heterocycles. The SMILES string of the molecule is COc1cnc2c(-c3nc4c(Cl)c(F)c(O[C@@H](C)[C@@H](C)OC(=O)Nc5cnc(CCO)nc5)cc4s3)cc(C)cc2n1. The number of aryl methyl sites for hydroxylation is 1. The number of carbonyl (C=O) groups is 1. The first-order chi connectivity index (χ1) is 20.2. The number of thiazole rings is 1. The summed E-state index contributed by atoms with van der Waals surface area (Å²) in [5.41, 5.74) is 3.55. The van der Waals surface area contributed by atoms with Gasteiger partial charge in [-0.1, -0.05) is 11.6 Å². The molecule has 0 aliphatic rings. The van der Waals surface area contributed by atoms with Crippen molar-refractivity contribution in [2.45, 2.75) is 39.4 Å². The number of amides is 1. The summed E-state index contributed by atoms with van der Waals surface area (Å²) in [6, 6.07) is 5.36. The first kappa shape index (κ1) is 29.3. The van der Waals surface area contributed by atoms with Crippen molar-refractivity contribution in [3.05, 3.63) is 59.0 Å². The van der Waals surface area contributed by atoms with Crippen LogP contribution in [0.15, 0.2) is 36.8 Å². The van der Waals surface area contributed by atoms with E-state index in [0.29, 0.717) is 50.1 Å². The van der Waals surface area contributed by atoms with Gasteiger partial charge in [-0.25, -0.2) is 34.1 Å². The van der Waals surface area contributed by atoms with E-state index in [4.69, 9.17) is 30.9 Å². The smallest absolute Gasteiger partial charge is 0.412 e. The maximum atomic E-state index is 15.3. The van der Waals surface area contributed by atoms with Crippen LogP contribution in [0.3, 0.4) is 0 Å². The number of carbonyl (C=O) groups excluding carboxylic acids is 1. The fourth-order valence-corrected chi connectivity index (χ4v) is 5.36. The summed E-state index contributed by atoms with van der Waals surface area (Å²) in [4.78, 5) is 34.1. The molecule has 0 saturated heterocycles. The third kappa shape index (κ3) is 6.17. The van der Waals surface area contributed by atoms with Crippen LogP contribution in [0.5, 0.6) is 11.6 Å². The lowest BCUT2D eigenvalue weighted by molar-refractivity contribution is 0.0402. The number of methoxy groups -OCH3 is 1. The Hall–Kier alpha value is -4.20. The second kappa shape index (κ2) is 12.3. The monoisotopic (exact) mass is 612 g/mol. The third-order valence-electron chi connectivity index (χ3n) is 6.29. The summed E-state index contributed by atoms with van der Waals surface area (Å²) in [5, 5.41) is 11.9. The highest BCUT2D eigenvalue weighted by Gasteiger charge is 2.24. The number of benzene rings is 2. The zero-order chi connectivity index (χ0) is 30.0. The van der Waals surface area contributed by atoms with Crippen LogP contribution in [0, 0.1) is 12.7 Å². The van der Waals surface area contributed by atoms with Crippen LogP contribution in [0.25, 0.3) is 31.8 Å². The van der Waals surface area contributed by atoms with E-state index < -0.39 is 24.1 Å². The average Bonchev–Trinajstić information content (AvgIpc) is 3.40. The quantitative estimate of drug-likeness (QED) is 0.211. The average molecular weight is 613 g/mol. The van der Waals surface area contributed by atoms with E-state index in [2.05, 4.69) is 30.2 Å². The normalized spacial score (nSPS) is 12.7. The molecule has 0 saturated carbocycles. The molecule has 3 heterocycles. The molecular formula is C28H26ClFN6O5S. The summed E-state index contributed by atoms with van der Waals surface area (Å²) in [7, 11) is 1.52. The topological polar surface area (TPSA) is 141 Å². The van der Waals surface area contributed by atoms with E-state index in [9.17, 15) is 4.79 Å². The predicted molar refractivity (Wildman–Crippen MR) is 157 cm³/mol. The summed E-state index contributed by atoms with van der Waals surface area (Å²) in [5.74, 6) is -0.0399.